The van der Waals surface area contributed by atoms with Gasteiger partial charge in [0.25, 0.3) is 0 Å². The lowest BCUT2D eigenvalue weighted by molar-refractivity contribution is 0.510. The van der Waals surface area contributed by atoms with Gasteiger partial charge >= 0.3 is 0 Å². The number of nitrogens with one attached hydrogen (secondary N) is 1. The van der Waals surface area contributed by atoms with Gasteiger partial charge in [-0.15, -0.1) is 0 Å². The minimum Gasteiger partial charge on any atom is -0.373 e. The van der Waals surface area contributed by atoms with Crippen LogP contribution in [0.3, 0.4) is 0 Å². The third-order valence-corrected chi connectivity index (χ3v) is 3.09. The molecule has 0 saturated carbocycles. The van der Waals surface area contributed by atoms with E-state index in [9.17, 15) is 13.2 Å². The molecule has 0 amide bonds. The van der Waals surface area contributed by atoms with Crippen molar-refractivity contribution in [3.05, 3.63) is 53.8 Å². The monoisotopic (exact) mass is 289 g/mol. The summed E-state index contributed by atoms with van der Waals surface area (Å²) in [6, 6.07) is 7.79. The number of nitrogens with zero attached hydrogens (tertiary/aromatic N) is 2. The molecule has 0 spiro atoms. The second kappa shape index (κ2) is 5.05. The number of benzene rings is 2. The van der Waals surface area contributed by atoms with Gasteiger partial charge in [-0.3, -0.25) is 0 Å². The van der Waals surface area contributed by atoms with Crippen LogP contribution in [0.1, 0.15) is 0 Å². The molecule has 3 nitrogen and oxygen atoms in total. The van der Waals surface area contributed by atoms with E-state index in [1.54, 1.807) is 7.05 Å². The zero-order valence-corrected chi connectivity index (χ0v) is 11.0. The number of rotatable bonds is 2. The Labute approximate surface area is 118 Å². The van der Waals surface area contributed by atoms with E-state index >= 15 is 0 Å². The van der Waals surface area contributed by atoms with Crippen molar-refractivity contribution in [3.63, 3.8) is 0 Å². The molecular weight excluding hydrogens is 279 g/mol. The first-order valence-corrected chi connectivity index (χ1v) is 6.19. The Hall–Kier alpha value is -2.63. The summed E-state index contributed by atoms with van der Waals surface area (Å²) in [6.07, 6.45) is 0. The van der Waals surface area contributed by atoms with Crippen LogP contribution in [0.2, 0.25) is 0 Å². The number of halogens is 3. The third-order valence-electron chi connectivity index (χ3n) is 3.09. The van der Waals surface area contributed by atoms with Crippen LogP contribution in [0.5, 0.6) is 0 Å². The molecule has 0 aliphatic rings. The van der Waals surface area contributed by atoms with Gasteiger partial charge in [0.15, 0.2) is 17.5 Å². The Balaban J connectivity index is 2.30. The van der Waals surface area contributed by atoms with E-state index in [2.05, 4.69) is 15.3 Å². The maximum Gasteiger partial charge on any atom is 0.169 e. The summed E-state index contributed by atoms with van der Waals surface area (Å²) in [5, 5.41) is 3.44. The van der Waals surface area contributed by atoms with E-state index in [4.69, 9.17) is 0 Å². The van der Waals surface area contributed by atoms with Crippen LogP contribution < -0.4 is 5.32 Å². The van der Waals surface area contributed by atoms with E-state index < -0.39 is 17.5 Å². The molecule has 0 fully saturated rings. The first-order chi connectivity index (χ1) is 10.1. The predicted octanol–water partition coefficient (Wildman–Crippen LogP) is 3.76. The summed E-state index contributed by atoms with van der Waals surface area (Å²) < 4.78 is 40.5. The molecule has 0 radical (unpaired) electrons. The van der Waals surface area contributed by atoms with E-state index in [0.29, 0.717) is 16.7 Å². The summed E-state index contributed by atoms with van der Waals surface area (Å²) >= 11 is 0. The average molecular weight is 289 g/mol. The molecule has 0 atom stereocenters. The average Bonchev–Trinajstić information content (AvgIpc) is 2.48. The van der Waals surface area contributed by atoms with Gasteiger partial charge in [-0.1, -0.05) is 6.07 Å². The number of anilines is 1. The normalized spacial score (nSPS) is 10.9. The number of aromatic nitrogens is 2. The van der Waals surface area contributed by atoms with E-state index in [-0.39, 0.29) is 11.4 Å². The van der Waals surface area contributed by atoms with Crippen molar-refractivity contribution in [2.45, 2.75) is 0 Å². The molecular formula is C15H10F3N3. The van der Waals surface area contributed by atoms with Crippen LogP contribution in [0.4, 0.5) is 19.0 Å². The molecule has 1 aromatic heterocycles. The van der Waals surface area contributed by atoms with Crippen LogP contribution in [0.15, 0.2) is 36.4 Å². The van der Waals surface area contributed by atoms with Gasteiger partial charge in [0.2, 0.25) is 0 Å². The van der Waals surface area contributed by atoms with Crippen molar-refractivity contribution in [1.29, 1.82) is 0 Å². The predicted molar refractivity (Wildman–Crippen MR) is 74.4 cm³/mol. The van der Waals surface area contributed by atoms with Gasteiger partial charge < -0.3 is 5.32 Å². The lowest BCUT2D eigenvalue weighted by Crippen LogP contribution is -2.01. The molecule has 0 aliphatic carbocycles. The molecule has 0 saturated heterocycles. The molecule has 106 valence electrons. The molecule has 6 heteroatoms. The molecule has 3 aromatic rings. The second-order valence-electron chi connectivity index (χ2n) is 4.41. The van der Waals surface area contributed by atoms with Gasteiger partial charge in [0.05, 0.1) is 11.1 Å². The van der Waals surface area contributed by atoms with Gasteiger partial charge in [-0.2, -0.15) is 0 Å². The maximum atomic E-state index is 13.9. The van der Waals surface area contributed by atoms with Gasteiger partial charge in [0.1, 0.15) is 11.6 Å². The summed E-state index contributed by atoms with van der Waals surface area (Å²) in [5.74, 6) is -2.07. The Bertz CT molecular complexity index is 834. The van der Waals surface area contributed by atoms with Crippen molar-refractivity contribution in [1.82, 2.24) is 9.97 Å². The number of hydrogen-bond donors (Lipinski definition) is 1. The second-order valence-corrected chi connectivity index (χ2v) is 4.41. The van der Waals surface area contributed by atoms with E-state index in [1.165, 1.54) is 30.3 Å². The largest absolute Gasteiger partial charge is 0.373 e. The standard InChI is InChI=1S/C15H10F3N3/c1-19-14-9-6-5-8(16)7-12(9)20-15(21-14)10-3-2-4-11(17)13(10)18/h2-7H,1H3,(H,19,20,21). The molecule has 0 unspecified atom stereocenters. The minimum absolute atomic E-state index is 0.00514. The highest BCUT2D eigenvalue weighted by molar-refractivity contribution is 5.90. The first kappa shape index (κ1) is 13.4. The Morgan fingerprint density at radius 3 is 2.57 bits per heavy atom. The van der Waals surface area contributed by atoms with Crippen LogP contribution in [0.25, 0.3) is 22.3 Å². The lowest BCUT2D eigenvalue weighted by Gasteiger charge is -2.09. The molecule has 1 heterocycles. The van der Waals surface area contributed by atoms with Gasteiger partial charge in [-0.05, 0) is 24.3 Å². The molecule has 1 N–H and O–H groups in total. The quantitative estimate of drug-likeness (QED) is 0.780. The highest BCUT2D eigenvalue weighted by Gasteiger charge is 2.15. The minimum atomic E-state index is -1.03. The van der Waals surface area contributed by atoms with Crippen molar-refractivity contribution >= 4 is 16.7 Å². The molecule has 21 heavy (non-hydrogen) atoms. The lowest BCUT2D eigenvalue weighted by atomic mass is 10.1. The molecule has 2 aromatic carbocycles. The Morgan fingerprint density at radius 2 is 1.81 bits per heavy atom. The highest BCUT2D eigenvalue weighted by Crippen LogP contribution is 2.27. The molecule has 3 rings (SSSR count). The zero-order chi connectivity index (χ0) is 15.0. The van der Waals surface area contributed by atoms with E-state index in [1.807, 2.05) is 0 Å². The third kappa shape index (κ3) is 2.29. The van der Waals surface area contributed by atoms with Crippen LogP contribution in [-0.4, -0.2) is 17.0 Å². The number of fused-ring (bicyclic) bond motifs is 1. The van der Waals surface area contributed by atoms with Crippen molar-refractivity contribution in [2.75, 3.05) is 12.4 Å². The SMILES string of the molecule is CNc1nc(-c2cccc(F)c2F)nc2cc(F)ccc12. The molecule has 0 aliphatic heterocycles. The number of hydrogen-bond acceptors (Lipinski definition) is 3. The topological polar surface area (TPSA) is 37.8 Å². The van der Waals surface area contributed by atoms with Crippen molar-refractivity contribution < 1.29 is 13.2 Å². The highest BCUT2D eigenvalue weighted by atomic mass is 19.2. The summed E-state index contributed by atoms with van der Waals surface area (Å²) in [5.41, 5.74) is 0.241. The van der Waals surface area contributed by atoms with Crippen LogP contribution >= 0.6 is 0 Å². The Morgan fingerprint density at radius 1 is 1.00 bits per heavy atom. The fraction of sp³-hybridized carbons (Fsp3) is 0.0667. The van der Waals surface area contributed by atoms with Crippen LogP contribution in [0, 0.1) is 17.5 Å². The fourth-order valence-corrected chi connectivity index (χ4v) is 2.09. The van der Waals surface area contributed by atoms with Crippen molar-refractivity contribution in [3.8, 4) is 11.4 Å². The van der Waals surface area contributed by atoms with Gasteiger partial charge in [-0.25, -0.2) is 23.1 Å². The van der Waals surface area contributed by atoms with E-state index in [0.717, 1.165) is 6.07 Å². The summed E-state index contributed by atoms with van der Waals surface area (Å²) in [7, 11) is 1.64. The van der Waals surface area contributed by atoms with Gasteiger partial charge in [0, 0.05) is 18.5 Å². The van der Waals surface area contributed by atoms with Crippen molar-refractivity contribution in [2.24, 2.45) is 0 Å². The maximum absolute atomic E-state index is 13.9. The Kier molecular flexibility index (Phi) is 3.21. The first-order valence-electron chi connectivity index (χ1n) is 6.19. The summed E-state index contributed by atoms with van der Waals surface area (Å²) in [6.45, 7) is 0. The fourth-order valence-electron chi connectivity index (χ4n) is 2.09. The zero-order valence-electron chi connectivity index (χ0n) is 11.0. The van der Waals surface area contributed by atoms with Crippen LogP contribution in [-0.2, 0) is 0 Å². The smallest absolute Gasteiger partial charge is 0.169 e. The molecule has 0 bridgehead atoms. The summed E-state index contributed by atoms with van der Waals surface area (Å²) in [4.78, 5) is 8.29.